The quantitative estimate of drug-likeness (QED) is 0.894. The standard InChI is InChI=1S/C14H14Cl2N2O/c1-2-17-9-10-5-6-18-14(7-10)19-11-3-4-12(15)13(16)8-11/h3-8,17H,2,9H2,1H3. The molecule has 0 amide bonds. The van der Waals surface area contributed by atoms with Crippen LogP contribution < -0.4 is 10.1 Å². The van der Waals surface area contributed by atoms with Gasteiger partial charge in [-0.15, -0.1) is 0 Å². The first-order valence-corrected chi connectivity index (χ1v) is 6.73. The summed E-state index contributed by atoms with van der Waals surface area (Å²) in [5, 5.41) is 4.21. The Morgan fingerprint density at radius 3 is 2.74 bits per heavy atom. The first kappa shape index (κ1) is 14.1. The van der Waals surface area contributed by atoms with Gasteiger partial charge in [0.05, 0.1) is 10.0 Å². The van der Waals surface area contributed by atoms with Gasteiger partial charge in [0.15, 0.2) is 0 Å². The average Bonchev–Trinajstić information content (AvgIpc) is 2.41. The lowest BCUT2D eigenvalue weighted by Gasteiger charge is -2.07. The van der Waals surface area contributed by atoms with Gasteiger partial charge in [0.2, 0.25) is 5.88 Å². The van der Waals surface area contributed by atoms with Crippen LogP contribution >= 0.6 is 23.2 Å². The zero-order valence-electron chi connectivity index (χ0n) is 10.5. The van der Waals surface area contributed by atoms with Gasteiger partial charge in [-0.05, 0) is 30.3 Å². The fourth-order valence-corrected chi connectivity index (χ4v) is 1.83. The Labute approximate surface area is 122 Å². The van der Waals surface area contributed by atoms with E-state index in [2.05, 4.69) is 17.2 Å². The van der Waals surface area contributed by atoms with Gasteiger partial charge in [0, 0.05) is 24.9 Å². The molecule has 0 radical (unpaired) electrons. The minimum absolute atomic E-state index is 0.461. The van der Waals surface area contributed by atoms with Gasteiger partial charge in [0.1, 0.15) is 5.75 Å². The monoisotopic (exact) mass is 296 g/mol. The number of hydrogen-bond donors (Lipinski definition) is 1. The largest absolute Gasteiger partial charge is 0.439 e. The van der Waals surface area contributed by atoms with Gasteiger partial charge in [-0.1, -0.05) is 30.1 Å². The molecule has 0 atom stereocenters. The number of rotatable bonds is 5. The van der Waals surface area contributed by atoms with Crippen LogP contribution in [0, 0.1) is 0 Å². The van der Waals surface area contributed by atoms with Crippen LogP contribution in [0.15, 0.2) is 36.5 Å². The second-order valence-corrected chi connectivity index (χ2v) is 4.78. The van der Waals surface area contributed by atoms with Crippen LogP contribution in [-0.2, 0) is 6.54 Å². The highest BCUT2D eigenvalue weighted by Crippen LogP contribution is 2.28. The highest BCUT2D eigenvalue weighted by Gasteiger charge is 2.03. The summed E-state index contributed by atoms with van der Waals surface area (Å²) < 4.78 is 5.65. The normalized spacial score (nSPS) is 10.5. The molecule has 0 spiro atoms. The molecule has 1 N–H and O–H groups in total. The Morgan fingerprint density at radius 1 is 1.16 bits per heavy atom. The second-order valence-electron chi connectivity index (χ2n) is 3.96. The topological polar surface area (TPSA) is 34.2 Å². The molecule has 1 heterocycles. The number of nitrogens with zero attached hydrogens (tertiary/aromatic N) is 1. The van der Waals surface area contributed by atoms with Crippen molar-refractivity contribution >= 4 is 23.2 Å². The van der Waals surface area contributed by atoms with Crippen molar-refractivity contribution in [2.75, 3.05) is 6.54 Å². The van der Waals surface area contributed by atoms with Crippen molar-refractivity contribution in [3.8, 4) is 11.6 Å². The average molecular weight is 297 g/mol. The third kappa shape index (κ3) is 4.10. The van der Waals surface area contributed by atoms with Gasteiger partial charge in [0.25, 0.3) is 0 Å². The van der Waals surface area contributed by atoms with Gasteiger partial charge < -0.3 is 10.1 Å². The van der Waals surface area contributed by atoms with Crippen LogP contribution in [0.2, 0.25) is 10.0 Å². The van der Waals surface area contributed by atoms with E-state index in [0.29, 0.717) is 21.7 Å². The molecule has 1 aromatic heterocycles. The predicted octanol–water partition coefficient (Wildman–Crippen LogP) is 4.29. The maximum Gasteiger partial charge on any atom is 0.219 e. The van der Waals surface area contributed by atoms with Crippen molar-refractivity contribution in [3.05, 3.63) is 52.1 Å². The molecule has 2 rings (SSSR count). The molecule has 0 aliphatic carbocycles. The van der Waals surface area contributed by atoms with E-state index in [1.807, 2.05) is 12.1 Å². The summed E-state index contributed by atoms with van der Waals surface area (Å²) in [7, 11) is 0. The van der Waals surface area contributed by atoms with Gasteiger partial charge in [-0.25, -0.2) is 4.98 Å². The van der Waals surface area contributed by atoms with E-state index in [0.717, 1.165) is 18.7 Å². The molecule has 19 heavy (non-hydrogen) atoms. The lowest BCUT2D eigenvalue weighted by Crippen LogP contribution is -2.11. The lowest BCUT2D eigenvalue weighted by molar-refractivity contribution is 0.462. The molecule has 1 aromatic carbocycles. The van der Waals surface area contributed by atoms with Crippen LogP contribution in [0.5, 0.6) is 11.6 Å². The molecular formula is C14H14Cl2N2O. The summed E-state index contributed by atoms with van der Waals surface area (Å²) in [5.41, 5.74) is 1.12. The maximum atomic E-state index is 5.94. The third-order valence-electron chi connectivity index (χ3n) is 2.49. The van der Waals surface area contributed by atoms with Crippen LogP contribution in [-0.4, -0.2) is 11.5 Å². The smallest absolute Gasteiger partial charge is 0.219 e. The molecular weight excluding hydrogens is 283 g/mol. The highest BCUT2D eigenvalue weighted by molar-refractivity contribution is 6.42. The molecule has 0 saturated heterocycles. The molecule has 0 aliphatic heterocycles. The Balaban J connectivity index is 2.11. The fraction of sp³-hybridized carbons (Fsp3) is 0.214. The molecule has 2 aromatic rings. The Hall–Kier alpha value is -1.29. The van der Waals surface area contributed by atoms with Gasteiger partial charge in [-0.2, -0.15) is 0 Å². The molecule has 0 fully saturated rings. The van der Waals surface area contributed by atoms with Crippen molar-refractivity contribution in [2.45, 2.75) is 13.5 Å². The fourth-order valence-electron chi connectivity index (χ4n) is 1.55. The number of halogens is 2. The van der Waals surface area contributed by atoms with Crippen LogP contribution in [0.3, 0.4) is 0 Å². The summed E-state index contributed by atoms with van der Waals surface area (Å²) in [6.07, 6.45) is 1.72. The number of ether oxygens (including phenoxy) is 1. The van der Waals surface area contributed by atoms with Crippen molar-refractivity contribution in [2.24, 2.45) is 0 Å². The van der Waals surface area contributed by atoms with E-state index < -0.39 is 0 Å². The van der Waals surface area contributed by atoms with Crippen molar-refractivity contribution in [3.63, 3.8) is 0 Å². The van der Waals surface area contributed by atoms with Crippen molar-refractivity contribution in [1.82, 2.24) is 10.3 Å². The molecule has 100 valence electrons. The summed E-state index contributed by atoms with van der Waals surface area (Å²) in [6.45, 7) is 3.77. The predicted molar refractivity (Wildman–Crippen MR) is 78.2 cm³/mol. The summed E-state index contributed by atoms with van der Waals surface area (Å²) in [4.78, 5) is 4.17. The van der Waals surface area contributed by atoms with E-state index in [-0.39, 0.29) is 0 Å². The third-order valence-corrected chi connectivity index (χ3v) is 3.23. The Morgan fingerprint density at radius 2 is 2.00 bits per heavy atom. The molecule has 0 aliphatic rings. The molecule has 3 nitrogen and oxygen atoms in total. The van der Waals surface area contributed by atoms with E-state index in [1.165, 1.54) is 0 Å². The second kappa shape index (κ2) is 6.75. The number of nitrogens with one attached hydrogen (secondary N) is 1. The highest BCUT2D eigenvalue weighted by atomic mass is 35.5. The van der Waals surface area contributed by atoms with Crippen LogP contribution in [0.4, 0.5) is 0 Å². The number of pyridine rings is 1. The summed E-state index contributed by atoms with van der Waals surface area (Å²) in [5.74, 6) is 1.15. The minimum atomic E-state index is 0.461. The maximum absolute atomic E-state index is 5.94. The zero-order valence-corrected chi connectivity index (χ0v) is 12.0. The minimum Gasteiger partial charge on any atom is -0.439 e. The van der Waals surface area contributed by atoms with Crippen LogP contribution in [0.1, 0.15) is 12.5 Å². The molecule has 0 unspecified atom stereocenters. The lowest BCUT2D eigenvalue weighted by atomic mass is 10.2. The first-order chi connectivity index (χ1) is 9.19. The molecule has 5 heteroatoms. The Kier molecular flexibility index (Phi) is 5.02. The van der Waals surface area contributed by atoms with Crippen LogP contribution in [0.25, 0.3) is 0 Å². The zero-order chi connectivity index (χ0) is 13.7. The molecule has 0 bridgehead atoms. The van der Waals surface area contributed by atoms with E-state index in [1.54, 1.807) is 24.4 Å². The number of hydrogen-bond acceptors (Lipinski definition) is 3. The number of benzene rings is 1. The van der Waals surface area contributed by atoms with E-state index in [4.69, 9.17) is 27.9 Å². The summed E-state index contributed by atoms with van der Waals surface area (Å²) in [6, 6.07) is 8.96. The van der Waals surface area contributed by atoms with Crippen molar-refractivity contribution in [1.29, 1.82) is 0 Å². The molecule has 0 saturated carbocycles. The summed E-state index contributed by atoms with van der Waals surface area (Å²) >= 11 is 11.8. The number of aromatic nitrogens is 1. The van der Waals surface area contributed by atoms with Gasteiger partial charge >= 0.3 is 0 Å². The van der Waals surface area contributed by atoms with E-state index in [9.17, 15) is 0 Å². The first-order valence-electron chi connectivity index (χ1n) is 5.97. The SMILES string of the molecule is CCNCc1ccnc(Oc2ccc(Cl)c(Cl)c2)c1. The van der Waals surface area contributed by atoms with Crippen molar-refractivity contribution < 1.29 is 4.74 Å². The van der Waals surface area contributed by atoms with Gasteiger partial charge in [-0.3, -0.25) is 0 Å². The Bertz CT molecular complexity index is 561. The van der Waals surface area contributed by atoms with E-state index >= 15 is 0 Å².